The largest absolute Gasteiger partial charge is 0.413 e. The Kier molecular flexibility index (Phi) is 2.99. The summed E-state index contributed by atoms with van der Waals surface area (Å²) in [4.78, 5) is 9.72. The Morgan fingerprint density at radius 2 is 2.57 bits per heavy atom. The van der Waals surface area contributed by atoms with Crippen LogP contribution in [0.1, 0.15) is 32.6 Å². The number of hydrogen-bond acceptors (Lipinski definition) is 3. The van der Waals surface area contributed by atoms with E-state index in [1.54, 1.807) is 0 Å². The van der Waals surface area contributed by atoms with Crippen LogP contribution >= 0.6 is 0 Å². The normalized spacial score (nSPS) is 25.6. The summed E-state index contributed by atoms with van der Waals surface area (Å²) >= 11 is 0. The van der Waals surface area contributed by atoms with E-state index in [1.165, 1.54) is 5.71 Å². The van der Waals surface area contributed by atoms with E-state index in [2.05, 4.69) is 29.5 Å². The number of rotatable bonds is 3. The molecule has 3 nitrogen and oxygen atoms in total. The molecule has 0 fully saturated rings. The Bertz CT molecular complexity index is 292. The van der Waals surface area contributed by atoms with Gasteiger partial charge in [-0.05, 0) is 25.3 Å². The summed E-state index contributed by atoms with van der Waals surface area (Å²) in [6, 6.07) is 0.196. The molecule has 0 aromatic carbocycles. The molecule has 2 aliphatic rings. The molecule has 0 saturated carbocycles. The molecule has 0 radical (unpaired) electrons. The fraction of sp³-hybridized carbons (Fsp3) is 0.545. The third-order valence-corrected chi connectivity index (χ3v) is 2.44. The van der Waals surface area contributed by atoms with Gasteiger partial charge in [0.1, 0.15) is 11.8 Å². The molecule has 0 saturated heterocycles. The molecule has 14 heavy (non-hydrogen) atoms. The number of nitrogens with one attached hydrogen (secondary N) is 1. The minimum atomic E-state index is 0.196. The molecule has 3 heteroatoms. The van der Waals surface area contributed by atoms with Crippen molar-refractivity contribution in [2.45, 2.75) is 38.6 Å². The smallest absolute Gasteiger partial charge is 0.122 e. The average molecular weight is 192 g/mol. The van der Waals surface area contributed by atoms with Crippen LogP contribution in [-0.4, -0.2) is 11.8 Å². The molecule has 76 valence electrons. The van der Waals surface area contributed by atoms with Crippen LogP contribution in [-0.2, 0) is 4.84 Å². The lowest BCUT2D eigenvalue weighted by Gasteiger charge is -2.12. The molecule has 1 N–H and O–H groups in total. The Morgan fingerprint density at radius 1 is 1.64 bits per heavy atom. The summed E-state index contributed by atoms with van der Waals surface area (Å²) in [5, 5.41) is 0. The Morgan fingerprint density at radius 3 is 3.29 bits per heavy atom. The van der Waals surface area contributed by atoms with Crippen molar-refractivity contribution in [1.29, 1.82) is 0 Å². The van der Waals surface area contributed by atoms with Gasteiger partial charge >= 0.3 is 0 Å². The number of nitrogens with zero attached hydrogens (tertiary/aromatic N) is 1. The Balaban J connectivity index is 2.00. The van der Waals surface area contributed by atoms with Gasteiger partial charge in [-0.25, -0.2) is 0 Å². The van der Waals surface area contributed by atoms with E-state index in [1.807, 2.05) is 6.20 Å². The van der Waals surface area contributed by atoms with Crippen LogP contribution in [0.25, 0.3) is 0 Å². The highest BCUT2D eigenvalue weighted by Gasteiger charge is 2.21. The van der Waals surface area contributed by atoms with E-state index in [0.29, 0.717) is 0 Å². The van der Waals surface area contributed by atoms with Gasteiger partial charge in [-0.1, -0.05) is 13.0 Å². The lowest BCUT2D eigenvalue weighted by Crippen LogP contribution is -2.30. The third kappa shape index (κ3) is 2.04. The SMILES string of the molecule is CCCC1=CC(C2=NC=CCC2)NO1. The minimum Gasteiger partial charge on any atom is -0.413 e. The zero-order chi connectivity index (χ0) is 9.80. The molecular formula is C11H16N2O. The lowest BCUT2D eigenvalue weighted by molar-refractivity contribution is 0.122. The van der Waals surface area contributed by atoms with Gasteiger partial charge in [0.05, 0.1) is 0 Å². The van der Waals surface area contributed by atoms with E-state index < -0.39 is 0 Å². The van der Waals surface area contributed by atoms with Gasteiger partial charge in [0.25, 0.3) is 0 Å². The van der Waals surface area contributed by atoms with Crippen LogP contribution in [0, 0.1) is 0 Å². The van der Waals surface area contributed by atoms with Crippen molar-refractivity contribution in [3.8, 4) is 0 Å². The first-order chi connectivity index (χ1) is 6.90. The van der Waals surface area contributed by atoms with Gasteiger partial charge < -0.3 is 4.84 Å². The Hall–Kier alpha value is -1.09. The molecular weight excluding hydrogens is 176 g/mol. The zero-order valence-corrected chi connectivity index (χ0v) is 8.49. The fourth-order valence-corrected chi connectivity index (χ4v) is 1.69. The average Bonchev–Trinajstić information content (AvgIpc) is 2.68. The predicted octanol–water partition coefficient (Wildman–Crippen LogP) is 2.32. The van der Waals surface area contributed by atoms with Crippen molar-refractivity contribution in [1.82, 2.24) is 5.48 Å². The quantitative estimate of drug-likeness (QED) is 0.744. The van der Waals surface area contributed by atoms with Crippen LogP contribution in [0.5, 0.6) is 0 Å². The van der Waals surface area contributed by atoms with Crippen molar-refractivity contribution < 1.29 is 4.84 Å². The third-order valence-electron chi connectivity index (χ3n) is 2.44. The number of allylic oxidation sites excluding steroid dienone is 2. The predicted molar refractivity (Wildman–Crippen MR) is 56.8 cm³/mol. The number of hydrogen-bond donors (Lipinski definition) is 1. The van der Waals surface area contributed by atoms with Crippen LogP contribution in [0.4, 0.5) is 0 Å². The van der Waals surface area contributed by atoms with Gasteiger partial charge in [-0.2, -0.15) is 0 Å². The minimum absolute atomic E-state index is 0.196. The van der Waals surface area contributed by atoms with Gasteiger partial charge in [-0.3, -0.25) is 4.99 Å². The summed E-state index contributed by atoms with van der Waals surface area (Å²) in [6.45, 7) is 2.15. The van der Waals surface area contributed by atoms with Crippen LogP contribution in [0.2, 0.25) is 0 Å². The van der Waals surface area contributed by atoms with Gasteiger partial charge in [0.2, 0.25) is 0 Å². The summed E-state index contributed by atoms with van der Waals surface area (Å²) in [6.07, 6.45) is 10.4. The van der Waals surface area contributed by atoms with Gasteiger partial charge in [-0.15, -0.1) is 5.48 Å². The van der Waals surface area contributed by atoms with Crippen molar-refractivity contribution in [2.75, 3.05) is 0 Å². The van der Waals surface area contributed by atoms with Crippen molar-refractivity contribution >= 4 is 5.71 Å². The second-order valence-corrected chi connectivity index (χ2v) is 3.62. The van der Waals surface area contributed by atoms with E-state index in [4.69, 9.17) is 4.84 Å². The zero-order valence-electron chi connectivity index (χ0n) is 8.49. The van der Waals surface area contributed by atoms with Crippen LogP contribution < -0.4 is 5.48 Å². The molecule has 2 aliphatic heterocycles. The summed E-state index contributed by atoms with van der Waals surface area (Å²) in [5.41, 5.74) is 4.18. The monoisotopic (exact) mass is 192 g/mol. The molecule has 0 bridgehead atoms. The standard InChI is InChI=1S/C11H16N2O/c1-2-5-9-8-11(13-14-9)10-6-3-4-7-12-10/h4,7-8,11,13H,2-3,5-6H2,1H3. The van der Waals surface area contributed by atoms with Crippen molar-refractivity contribution in [2.24, 2.45) is 4.99 Å². The second-order valence-electron chi connectivity index (χ2n) is 3.62. The maximum atomic E-state index is 5.37. The van der Waals surface area contributed by atoms with E-state index >= 15 is 0 Å². The first-order valence-corrected chi connectivity index (χ1v) is 5.25. The topological polar surface area (TPSA) is 33.6 Å². The van der Waals surface area contributed by atoms with E-state index in [9.17, 15) is 0 Å². The van der Waals surface area contributed by atoms with Crippen molar-refractivity contribution in [3.05, 3.63) is 24.1 Å². The second kappa shape index (κ2) is 4.42. The van der Waals surface area contributed by atoms with Crippen molar-refractivity contribution in [3.63, 3.8) is 0 Å². The molecule has 0 aliphatic carbocycles. The molecule has 2 rings (SSSR count). The number of aliphatic imine (C=N–C) groups is 1. The maximum absolute atomic E-state index is 5.37. The fourth-order valence-electron chi connectivity index (χ4n) is 1.69. The highest BCUT2D eigenvalue weighted by Crippen LogP contribution is 2.17. The molecule has 1 atom stereocenters. The molecule has 0 aromatic rings. The van der Waals surface area contributed by atoms with Crippen LogP contribution in [0.3, 0.4) is 0 Å². The van der Waals surface area contributed by atoms with Gasteiger partial charge in [0.15, 0.2) is 0 Å². The van der Waals surface area contributed by atoms with Crippen LogP contribution in [0.15, 0.2) is 29.1 Å². The number of hydroxylamine groups is 1. The van der Waals surface area contributed by atoms with Gasteiger partial charge in [0, 0.05) is 18.3 Å². The summed E-state index contributed by atoms with van der Waals surface area (Å²) < 4.78 is 0. The Labute approximate surface area is 84.5 Å². The molecule has 0 amide bonds. The summed E-state index contributed by atoms with van der Waals surface area (Å²) in [5.74, 6) is 1.05. The van der Waals surface area contributed by atoms with E-state index in [-0.39, 0.29) is 6.04 Å². The molecule has 1 unspecified atom stereocenters. The first kappa shape index (κ1) is 9.46. The molecule has 0 spiro atoms. The molecule has 2 heterocycles. The maximum Gasteiger partial charge on any atom is 0.122 e. The highest BCUT2D eigenvalue weighted by atomic mass is 16.7. The summed E-state index contributed by atoms with van der Waals surface area (Å²) in [7, 11) is 0. The van der Waals surface area contributed by atoms with E-state index in [0.717, 1.165) is 31.4 Å². The lowest BCUT2D eigenvalue weighted by atomic mass is 10.0. The molecule has 0 aromatic heterocycles. The highest BCUT2D eigenvalue weighted by molar-refractivity contribution is 5.92. The first-order valence-electron chi connectivity index (χ1n) is 5.25.